The van der Waals surface area contributed by atoms with Gasteiger partial charge in [0.25, 0.3) is 0 Å². The van der Waals surface area contributed by atoms with E-state index in [9.17, 15) is 9.59 Å². The third-order valence-electron chi connectivity index (χ3n) is 3.77. The molecule has 1 aliphatic heterocycles. The number of carbonyl (C=O) groups excluding carboxylic acids is 1. The second kappa shape index (κ2) is 9.31. The molecule has 1 atom stereocenters. The highest BCUT2D eigenvalue weighted by molar-refractivity contribution is 8.14. The van der Waals surface area contributed by atoms with E-state index in [1.807, 2.05) is 0 Å². The van der Waals surface area contributed by atoms with Crippen LogP contribution >= 0.6 is 11.8 Å². The van der Waals surface area contributed by atoms with E-state index >= 15 is 0 Å². The summed E-state index contributed by atoms with van der Waals surface area (Å²) in [6.45, 7) is 3.70. The fraction of sp³-hybridized carbons (Fsp3) is 0.389. The van der Waals surface area contributed by atoms with Crippen LogP contribution in [-0.4, -0.2) is 48.8 Å². The topological polar surface area (TPSA) is 106 Å². The van der Waals surface area contributed by atoms with Gasteiger partial charge in [0.1, 0.15) is 6.04 Å². The van der Waals surface area contributed by atoms with Crippen molar-refractivity contribution in [3.63, 3.8) is 0 Å². The summed E-state index contributed by atoms with van der Waals surface area (Å²) in [5.74, 6) is -0.521. The molecule has 0 radical (unpaired) electrons. The number of aliphatic imine (C=N–C) groups is 1. The molecule has 1 heterocycles. The summed E-state index contributed by atoms with van der Waals surface area (Å²) in [7, 11) is 3.06. The summed E-state index contributed by atoms with van der Waals surface area (Å²) in [5.41, 5.74) is 1.63. The maximum atomic E-state index is 12.5. The second-order valence-electron chi connectivity index (χ2n) is 5.52. The number of nitrogens with one attached hydrogen (secondary N) is 1. The lowest BCUT2D eigenvalue weighted by Crippen LogP contribution is -2.31. The van der Waals surface area contributed by atoms with E-state index < -0.39 is 18.0 Å². The number of carbonyl (C=O) groups is 2. The van der Waals surface area contributed by atoms with Crippen LogP contribution in [0.25, 0.3) is 0 Å². The number of nitrogens with zero attached hydrogens (tertiary/aromatic N) is 1. The zero-order valence-corrected chi connectivity index (χ0v) is 16.4. The highest BCUT2D eigenvalue weighted by atomic mass is 32.2. The zero-order valence-electron chi connectivity index (χ0n) is 15.6. The summed E-state index contributed by atoms with van der Waals surface area (Å²) in [6.07, 6.45) is 0. The van der Waals surface area contributed by atoms with Gasteiger partial charge >= 0.3 is 11.9 Å². The molecule has 0 spiro atoms. The molecular formula is C18H22N2O6S. The van der Waals surface area contributed by atoms with Gasteiger partial charge in [0, 0.05) is 5.70 Å². The lowest BCUT2D eigenvalue weighted by atomic mass is 9.96. The molecule has 0 aromatic heterocycles. The van der Waals surface area contributed by atoms with Gasteiger partial charge in [0.2, 0.25) is 0 Å². The first-order valence-corrected chi connectivity index (χ1v) is 9.19. The number of benzene rings is 1. The first-order valence-electron chi connectivity index (χ1n) is 8.20. The Kier molecular flexibility index (Phi) is 7.12. The van der Waals surface area contributed by atoms with Gasteiger partial charge in [-0.2, -0.15) is 0 Å². The Labute approximate surface area is 161 Å². The van der Waals surface area contributed by atoms with Crippen LogP contribution in [0.15, 0.2) is 34.5 Å². The fourth-order valence-electron chi connectivity index (χ4n) is 2.59. The molecule has 27 heavy (non-hydrogen) atoms. The average molecular weight is 394 g/mol. The number of amidine groups is 1. The Balaban J connectivity index is 2.47. The lowest BCUT2D eigenvalue weighted by Gasteiger charge is -2.26. The van der Waals surface area contributed by atoms with Gasteiger partial charge in [-0.1, -0.05) is 17.8 Å². The van der Waals surface area contributed by atoms with Crippen molar-refractivity contribution < 1.29 is 28.9 Å². The van der Waals surface area contributed by atoms with Gasteiger partial charge < -0.3 is 24.6 Å². The molecular weight excluding hydrogens is 372 g/mol. The smallest absolute Gasteiger partial charge is 0.338 e. The molecule has 0 saturated heterocycles. The molecule has 0 saturated carbocycles. The largest absolute Gasteiger partial charge is 0.493 e. The van der Waals surface area contributed by atoms with Crippen molar-refractivity contribution in [1.29, 1.82) is 0 Å². The van der Waals surface area contributed by atoms with Crippen molar-refractivity contribution in [2.45, 2.75) is 19.9 Å². The number of thioether (sulfide) groups is 1. The fourth-order valence-corrected chi connectivity index (χ4v) is 3.25. The molecule has 9 heteroatoms. The number of ether oxygens (including phenoxy) is 3. The maximum Gasteiger partial charge on any atom is 0.338 e. The molecule has 0 amide bonds. The molecule has 1 aliphatic rings. The lowest BCUT2D eigenvalue weighted by molar-refractivity contribution is -0.139. The average Bonchev–Trinajstić information content (AvgIpc) is 2.65. The highest BCUT2D eigenvalue weighted by Crippen LogP contribution is 2.37. The minimum Gasteiger partial charge on any atom is -0.493 e. The summed E-state index contributed by atoms with van der Waals surface area (Å²) in [6, 6.07) is 4.60. The predicted molar refractivity (Wildman–Crippen MR) is 102 cm³/mol. The molecule has 0 fully saturated rings. The van der Waals surface area contributed by atoms with Crippen LogP contribution in [0.2, 0.25) is 0 Å². The molecule has 146 valence electrons. The Morgan fingerprint density at radius 1 is 1.26 bits per heavy atom. The number of carboxylic acids is 1. The van der Waals surface area contributed by atoms with E-state index in [4.69, 9.17) is 19.3 Å². The van der Waals surface area contributed by atoms with Crippen molar-refractivity contribution >= 4 is 28.9 Å². The van der Waals surface area contributed by atoms with Crippen LogP contribution in [-0.2, 0) is 14.3 Å². The van der Waals surface area contributed by atoms with Gasteiger partial charge in [-0.15, -0.1) is 0 Å². The van der Waals surface area contributed by atoms with Gasteiger partial charge in [0.05, 0.1) is 32.2 Å². The monoisotopic (exact) mass is 394 g/mol. The number of hydrogen-bond acceptors (Lipinski definition) is 8. The van der Waals surface area contributed by atoms with Gasteiger partial charge in [-0.25, -0.2) is 9.79 Å². The number of aliphatic carboxylic acids is 1. The number of hydrogen-bond donors (Lipinski definition) is 2. The van der Waals surface area contributed by atoms with E-state index in [0.717, 1.165) is 11.8 Å². The van der Waals surface area contributed by atoms with Crippen LogP contribution in [0.5, 0.6) is 11.5 Å². The van der Waals surface area contributed by atoms with E-state index in [-0.39, 0.29) is 12.4 Å². The maximum absolute atomic E-state index is 12.5. The first-order chi connectivity index (χ1) is 12.9. The van der Waals surface area contributed by atoms with Gasteiger partial charge in [-0.3, -0.25) is 4.79 Å². The second-order valence-corrected chi connectivity index (χ2v) is 6.48. The standard InChI is InChI=1S/C18H22N2O6S/c1-5-26-17(23)15-10(2)19-18(27-9-14(21)22)20-16(15)11-6-7-12(24-3)13(8-11)25-4/h6-8,16H,5,9H2,1-4H3,(H,19,20)(H,21,22). The van der Waals surface area contributed by atoms with Crippen LogP contribution in [0.4, 0.5) is 0 Å². The SMILES string of the molecule is CCOC(=O)C1=C(C)NC(SCC(=O)O)=NC1c1ccc(OC)c(OC)c1. The third kappa shape index (κ3) is 4.94. The molecule has 1 unspecified atom stereocenters. The normalized spacial score (nSPS) is 16.3. The highest BCUT2D eigenvalue weighted by Gasteiger charge is 2.31. The van der Waals surface area contributed by atoms with Crippen molar-refractivity contribution in [2.75, 3.05) is 26.6 Å². The minimum absolute atomic E-state index is 0.146. The van der Waals surface area contributed by atoms with Crippen LogP contribution in [0, 0.1) is 0 Å². The van der Waals surface area contributed by atoms with E-state index in [1.165, 1.54) is 14.2 Å². The van der Waals surface area contributed by atoms with Crippen LogP contribution < -0.4 is 14.8 Å². The number of carboxylic acid groups (broad SMARTS) is 1. The quantitative estimate of drug-likeness (QED) is 0.679. The van der Waals surface area contributed by atoms with Crippen molar-refractivity contribution in [3.8, 4) is 11.5 Å². The molecule has 0 aliphatic carbocycles. The summed E-state index contributed by atoms with van der Waals surface area (Å²) >= 11 is 1.05. The van der Waals surface area contributed by atoms with Crippen molar-refractivity contribution in [3.05, 3.63) is 35.0 Å². The molecule has 2 N–H and O–H groups in total. The van der Waals surface area contributed by atoms with E-state index in [2.05, 4.69) is 10.3 Å². The molecule has 1 aromatic rings. The molecule has 0 bridgehead atoms. The summed E-state index contributed by atoms with van der Waals surface area (Å²) in [5, 5.41) is 12.3. The first kappa shape index (κ1) is 20.6. The van der Waals surface area contributed by atoms with Crippen molar-refractivity contribution in [2.24, 2.45) is 4.99 Å². The Morgan fingerprint density at radius 2 is 1.96 bits per heavy atom. The number of rotatable bonds is 7. The zero-order chi connectivity index (χ0) is 20.0. The van der Waals surface area contributed by atoms with Crippen LogP contribution in [0.3, 0.4) is 0 Å². The Morgan fingerprint density at radius 3 is 2.56 bits per heavy atom. The number of allylic oxidation sites excluding steroid dienone is 1. The molecule has 8 nitrogen and oxygen atoms in total. The van der Waals surface area contributed by atoms with Gasteiger partial charge in [-0.05, 0) is 31.5 Å². The Hall–Kier alpha value is -2.68. The summed E-state index contributed by atoms with van der Waals surface area (Å²) < 4.78 is 15.8. The molecule has 2 rings (SSSR count). The van der Waals surface area contributed by atoms with Gasteiger partial charge in [0.15, 0.2) is 16.7 Å². The Bertz CT molecular complexity index is 790. The number of methoxy groups -OCH3 is 2. The van der Waals surface area contributed by atoms with E-state index in [0.29, 0.717) is 33.5 Å². The van der Waals surface area contributed by atoms with Crippen molar-refractivity contribution in [1.82, 2.24) is 5.32 Å². The summed E-state index contributed by atoms with van der Waals surface area (Å²) in [4.78, 5) is 27.9. The third-order valence-corrected chi connectivity index (χ3v) is 4.64. The number of esters is 1. The van der Waals surface area contributed by atoms with Crippen LogP contribution in [0.1, 0.15) is 25.5 Å². The molecule has 1 aromatic carbocycles. The van der Waals surface area contributed by atoms with E-state index in [1.54, 1.807) is 32.0 Å². The minimum atomic E-state index is -0.954. The predicted octanol–water partition coefficient (Wildman–Crippen LogP) is 2.36.